The van der Waals surface area contributed by atoms with E-state index in [2.05, 4.69) is 15.3 Å². The summed E-state index contributed by atoms with van der Waals surface area (Å²) in [5.41, 5.74) is 1.11. The first-order valence-electron chi connectivity index (χ1n) is 7.65. The van der Waals surface area contributed by atoms with Gasteiger partial charge >= 0.3 is 0 Å². The van der Waals surface area contributed by atoms with Gasteiger partial charge in [-0.25, -0.2) is 18.4 Å². The molecule has 1 aliphatic carbocycles. The number of benzene rings is 1. The minimum atomic E-state index is -0.534. The lowest BCUT2D eigenvalue weighted by atomic mass is 10.1. The first kappa shape index (κ1) is 14.7. The Labute approximate surface area is 136 Å². The maximum atomic E-state index is 13.9. The first-order valence-corrected chi connectivity index (χ1v) is 7.65. The summed E-state index contributed by atoms with van der Waals surface area (Å²) < 4.78 is 34.6. The fraction of sp³-hybridized carbons (Fsp3) is 0.235. The van der Waals surface area contributed by atoms with Crippen LogP contribution in [0.5, 0.6) is 5.88 Å². The molecule has 0 aliphatic heterocycles. The Bertz CT molecular complexity index is 877. The van der Waals surface area contributed by atoms with Gasteiger partial charge in [-0.2, -0.15) is 0 Å². The van der Waals surface area contributed by atoms with E-state index in [4.69, 9.17) is 4.74 Å². The minimum Gasteiger partial charge on any atom is -0.471 e. The zero-order chi connectivity index (χ0) is 16.5. The van der Waals surface area contributed by atoms with Gasteiger partial charge in [-0.15, -0.1) is 5.10 Å². The number of halogens is 2. The second-order valence-corrected chi connectivity index (χ2v) is 5.69. The maximum Gasteiger partial charge on any atom is 0.214 e. The SMILES string of the molecule is Fc1ccc(F)c(-c2cccc(OCc3cn(C4CC4)nn3)n2)c1. The summed E-state index contributed by atoms with van der Waals surface area (Å²) in [6, 6.07) is 8.67. The summed E-state index contributed by atoms with van der Waals surface area (Å²) in [6.07, 6.45) is 4.12. The molecular formula is C17H14F2N4O. The molecule has 0 saturated heterocycles. The van der Waals surface area contributed by atoms with Crippen molar-refractivity contribution >= 4 is 0 Å². The van der Waals surface area contributed by atoms with Crippen molar-refractivity contribution in [3.63, 3.8) is 0 Å². The van der Waals surface area contributed by atoms with Crippen LogP contribution in [0.2, 0.25) is 0 Å². The smallest absolute Gasteiger partial charge is 0.214 e. The van der Waals surface area contributed by atoms with Gasteiger partial charge in [0.2, 0.25) is 5.88 Å². The molecule has 2 heterocycles. The van der Waals surface area contributed by atoms with E-state index in [0.29, 0.717) is 23.3 Å². The van der Waals surface area contributed by atoms with Crippen LogP contribution in [0.15, 0.2) is 42.6 Å². The number of pyridine rings is 1. The third kappa shape index (κ3) is 3.10. The highest BCUT2D eigenvalue weighted by Gasteiger charge is 2.24. The van der Waals surface area contributed by atoms with Crippen LogP contribution in [0.4, 0.5) is 8.78 Å². The van der Waals surface area contributed by atoms with Gasteiger partial charge in [-0.1, -0.05) is 11.3 Å². The highest BCUT2D eigenvalue weighted by Crippen LogP contribution is 2.33. The van der Waals surface area contributed by atoms with Crippen molar-refractivity contribution in [3.8, 4) is 17.1 Å². The third-order valence-corrected chi connectivity index (χ3v) is 3.77. The largest absolute Gasteiger partial charge is 0.471 e. The topological polar surface area (TPSA) is 52.8 Å². The van der Waals surface area contributed by atoms with Crippen molar-refractivity contribution in [2.75, 3.05) is 0 Å². The number of rotatable bonds is 5. The first-order chi connectivity index (χ1) is 11.7. The summed E-state index contributed by atoms with van der Waals surface area (Å²) in [4.78, 5) is 4.23. The van der Waals surface area contributed by atoms with Crippen LogP contribution < -0.4 is 4.74 Å². The van der Waals surface area contributed by atoms with Crippen LogP contribution in [0.25, 0.3) is 11.3 Å². The van der Waals surface area contributed by atoms with Gasteiger partial charge in [-0.3, -0.25) is 0 Å². The van der Waals surface area contributed by atoms with Crippen LogP contribution in [-0.4, -0.2) is 20.0 Å². The van der Waals surface area contributed by atoms with Crippen molar-refractivity contribution in [3.05, 3.63) is 59.9 Å². The summed E-state index contributed by atoms with van der Waals surface area (Å²) in [5.74, 6) is -0.734. The molecule has 5 nitrogen and oxygen atoms in total. The Morgan fingerprint density at radius 1 is 1.17 bits per heavy atom. The molecular weight excluding hydrogens is 314 g/mol. The molecule has 1 fully saturated rings. The molecule has 0 amide bonds. The average Bonchev–Trinajstić information content (AvgIpc) is 3.34. The monoisotopic (exact) mass is 328 g/mol. The molecule has 0 unspecified atom stereocenters. The number of hydrogen-bond acceptors (Lipinski definition) is 4. The van der Waals surface area contributed by atoms with E-state index in [9.17, 15) is 8.78 Å². The molecule has 122 valence electrons. The molecule has 1 aromatic carbocycles. The summed E-state index contributed by atoms with van der Waals surface area (Å²) in [6.45, 7) is 0.217. The normalized spacial score (nSPS) is 13.9. The zero-order valence-electron chi connectivity index (χ0n) is 12.7. The third-order valence-electron chi connectivity index (χ3n) is 3.77. The molecule has 0 N–H and O–H groups in total. The molecule has 7 heteroatoms. The number of ether oxygens (including phenoxy) is 1. The highest BCUT2D eigenvalue weighted by molar-refractivity contribution is 5.60. The van der Waals surface area contributed by atoms with Gasteiger partial charge in [0, 0.05) is 11.6 Å². The Morgan fingerprint density at radius 3 is 2.88 bits per heavy atom. The van der Waals surface area contributed by atoms with Crippen molar-refractivity contribution in [2.45, 2.75) is 25.5 Å². The zero-order valence-corrected chi connectivity index (χ0v) is 12.7. The van der Waals surface area contributed by atoms with Gasteiger partial charge in [0.15, 0.2) is 0 Å². The van der Waals surface area contributed by atoms with Crippen molar-refractivity contribution in [1.82, 2.24) is 20.0 Å². The van der Waals surface area contributed by atoms with E-state index in [1.807, 2.05) is 10.9 Å². The molecule has 0 atom stereocenters. The maximum absolute atomic E-state index is 13.9. The van der Waals surface area contributed by atoms with E-state index >= 15 is 0 Å². The molecule has 0 radical (unpaired) electrons. The Morgan fingerprint density at radius 2 is 2.04 bits per heavy atom. The Kier molecular flexibility index (Phi) is 3.68. The van der Waals surface area contributed by atoms with E-state index in [1.165, 1.54) is 0 Å². The van der Waals surface area contributed by atoms with E-state index < -0.39 is 11.6 Å². The molecule has 24 heavy (non-hydrogen) atoms. The standard InChI is InChI=1S/C17H14F2N4O/c18-11-4-7-15(19)14(8-11)16-2-1-3-17(20-16)24-10-12-9-23(22-21-12)13-5-6-13/h1-4,7-9,13H,5-6,10H2. The van der Waals surface area contributed by atoms with Gasteiger partial charge in [-0.05, 0) is 37.1 Å². The molecule has 0 bridgehead atoms. The molecule has 4 rings (SSSR count). The number of aromatic nitrogens is 4. The lowest BCUT2D eigenvalue weighted by Gasteiger charge is -2.07. The average molecular weight is 328 g/mol. The van der Waals surface area contributed by atoms with Crippen molar-refractivity contribution < 1.29 is 13.5 Å². The van der Waals surface area contributed by atoms with Gasteiger partial charge in [0.25, 0.3) is 0 Å². The Hall–Kier alpha value is -2.83. The van der Waals surface area contributed by atoms with Crippen LogP contribution in [-0.2, 0) is 6.61 Å². The predicted octanol–water partition coefficient (Wildman–Crippen LogP) is 3.53. The van der Waals surface area contributed by atoms with E-state index in [1.54, 1.807) is 18.2 Å². The quantitative estimate of drug-likeness (QED) is 0.719. The number of nitrogens with zero attached hydrogens (tertiary/aromatic N) is 4. The van der Waals surface area contributed by atoms with E-state index in [0.717, 1.165) is 31.0 Å². The van der Waals surface area contributed by atoms with Crippen LogP contribution >= 0.6 is 0 Å². The van der Waals surface area contributed by atoms with Crippen LogP contribution in [0, 0.1) is 11.6 Å². The summed E-state index contributed by atoms with van der Waals surface area (Å²) in [5, 5.41) is 8.10. The molecule has 3 aromatic rings. The number of hydrogen-bond donors (Lipinski definition) is 0. The second-order valence-electron chi connectivity index (χ2n) is 5.69. The molecule has 1 aliphatic rings. The molecule has 0 spiro atoms. The second kappa shape index (κ2) is 5.99. The lowest BCUT2D eigenvalue weighted by Crippen LogP contribution is -1.99. The van der Waals surface area contributed by atoms with Crippen molar-refractivity contribution in [1.29, 1.82) is 0 Å². The van der Waals surface area contributed by atoms with E-state index in [-0.39, 0.29) is 12.2 Å². The van der Waals surface area contributed by atoms with Crippen molar-refractivity contribution in [2.24, 2.45) is 0 Å². The van der Waals surface area contributed by atoms with Gasteiger partial charge in [0.1, 0.15) is 23.9 Å². The minimum absolute atomic E-state index is 0.0973. The van der Waals surface area contributed by atoms with Crippen LogP contribution in [0.3, 0.4) is 0 Å². The van der Waals surface area contributed by atoms with Gasteiger partial charge < -0.3 is 4.74 Å². The highest BCUT2D eigenvalue weighted by atomic mass is 19.1. The summed E-state index contributed by atoms with van der Waals surface area (Å²) >= 11 is 0. The Balaban J connectivity index is 1.50. The lowest BCUT2D eigenvalue weighted by molar-refractivity contribution is 0.289. The summed E-state index contributed by atoms with van der Waals surface area (Å²) in [7, 11) is 0. The molecule has 2 aromatic heterocycles. The predicted molar refractivity (Wildman–Crippen MR) is 82.2 cm³/mol. The fourth-order valence-electron chi connectivity index (χ4n) is 2.38. The fourth-order valence-corrected chi connectivity index (χ4v) is 2.38. The molecule has 1 saturated carbocycles. The van der Waals surface area contributed by atoms with Crippen LogP contribution in [0.1, 0.15) is 24.6 Å². The van der Waals surface area contributed by atoms with Gasteiger partial charge in [0.05, 0.1) is 17.9 Å².